The third-order valence-electron chi connectivity index (χ3n) is 6.35. The van der Waals surface area contributed by atoms with Gasteiger partial charge in [-0.3, -0.25) is 14.3 Å². The predicted molar refractivity (Wildman–Crippen MR) is 149 cm³/mol. The van der Waals surface area contributed by atoms with Crippen molar-refractivity contribution in [1.82, 2.24) is 24.2 Å². The van der Waals surface area contributed by atoms with Crippen LogP contribution >= 0.6 is 12.2 Å². The number of hydrogen-bond donors (Lipinski definition) is 2. The second kappa shape index (κ2) is 10.9. The van der Waals surface area contributed by atoms with Crippen LogP contribution in [0.5, 0.6) is 11.5 Å². The molecule has 1 saturated heterocycles. The average molecular weight is 530 g/mol. The van der Waals surface area contributed by atoms with Gasteiger partial charge in [-0.05, 0) is 62.3 Å². The van der Waals surface area contributed by atoms with E-state index in [0.717, 1.165) is 25.9 Å². The third-order valence-corrected chi connectivity index (χ3v) is 6.71. The number of carbonyl (C=O) groups is 1. The maximum absolute atomic E-state index is 13.1. The number of aromatic nitrogens is 4. The van der Waals surface area contributed by atoms with Crippen molar-refractivity contribution in [2.75, 3.05) is 23.7 Å². The van der Waals surface area contributed by atoms with Gasteiger partial charge >= 0.3 is 0 Å². The topological polar surface area (TPSA) is 106 Å². The zero-order valence-electron chi connectivity index (χ0n) is 21.0. The molecule has 0 bridgehead atoms. The van der Waals surface area contributed by atoms with Crippen LogP contribution in [0.25, 0.3) is 5.69 Å². The van der Waals surface area contributed by atoms with E-state index < -0.39 is 11.5 Å². The number of carbonyl (C=O) groups excluding carboxylic acids is 1. The van der Waals surface area contributed by atoms with Crippen molar-refractivity contribution in [3.05, 3.63) is 88.6 Å². The van der Waals surface area contributed by atoms with E-state index in [-0.39, 0.29) is 5.56 Å². The van der Waals surface area contributed by atoms with Crippen LogP contribution in [0.15, 0.2) is 71.8 Å². The monoisotopic (exact) mass is 529 g/mol. The first-order valence-electron chi connectivity index (χ1n) is 12.2. The van der Waals surface area contributed by atoms with E-state index in [0.29, 0.717) is 39.6 Å². The highest BCUT2D eigenvalue weighted by molar-refractivity contribution is 7.80. The molecule has 38 heavy (non-hydrogen) atoms. The van der Waals surface area contributed by atoms with Gasteiger partial charge in [0.25, 0.3) is 11.5 Å². The van der Waals surface area contributed by atoms with Crippen LogP contribution in [0.2, 0.25) is 0 Å². The molecule has 11 heteroatoms. The quantitative estimate of drug-likeness (QED) is 0.360. The lowest BCUT2D eigenvalue weighted by molar-refractivity contribution is 0.102. The van der Waals surface area contributed by atoms with Gasteiger partial charge in [-0.25, -0.2) is 14.6 Å². The summed E-state index contributed by atoms with van der Waals surface area (Å²) >= 11 is 5.47. The zero-order chi connectivity index (χ0) is 26.6. The van der Waals surface area contributed by atoms with Crippen LogP contribution in [0.4, 0.5) is 11.6 Å². The molecule has 0 atom stereocenters. The summed E-state index contributed by atoms with van der Waals surface area (Å²) in [5.74, 6) is 1.40. The Hall–Kier alpha value is -4.51. The SMILES string of the molecule is Cc1c(C(=O)Nc2ccc(Oc3ccnc(NC(=S)N4CCCC4)c3)cn2)c(=O)n(-c2ccccc2)n1C. The molecule has 1 fully saturated rings. The molecule has 0 radical (unpaired) electrons. The molecule has 0 aliphatic carbocycles. The Bertz CT molecular complexity index is 1520. The van der Waals surface area contributed by atoms with Gasteiger partial charge < -0.3 is 20.3 Å². The Balaban J connectivity index is 1.26. The van der Waals surface area contributed by atoms with Crippen molar-refractivity contribution in [2.45, 2.75) is 19.8 Å². The molecule has 0 saturated carbocycles. The number of pyridine rings is 2. The van der Waals surface area contributed by atoms with Gasteiger partial charge in [-0.2, -0.15) is 0 Å². The summed E-state index contributed by atoms with van der Waals surface area (Å²) in [5.41, 5.74) is 0.874. The maximum atomic E-state index is 13.1. The molecule has 5 rings (SSSR count). The van der Waals surface area contributed by atoms with E-state index in [2.05, 4.69) is 25.5 Å². The average Bonchev–Trinajstić information content (AvgIpc) is 3.53. The molecule has 1 amide bonds. The lowest BCUT2D eigenvalue weighted by atomic mass is 10.2. The fraction of sp³-hybridized carbons (Fsp3) is 0.222. The molecular weight excluding hydrogens is 502 g/mol. The van der Waals surface area contributed by atoms with Gasteiger partial charge in [0.15, 0.2) is 5.11 Å². The van der Waals surface area contributed by atoms with Crippen molar-refractivity contribution < 1.29 is 9.53 Å². The molecule has 4 aromatic rings. The molecule has 3 aromatic heterocycles. The van der Waals surface area contributed by atoms with E-state index in [1.807, 2.05) is 30.3 Å². The number of para-hydroxylation sites is 1. The zero-order valence-corrected chi connectivity index (χ0v) is 21.9. The minimum atomic E-state index is -0.530. The van der Waals surface area contributed by atoms with Gasteiger partial charge in [-0.15, -0.1) is 0 Å². The summed E-state index contributed by atoms with van der Waals surface area (Å²) in [6.07, 6.45) is 5.41. The smallest absolute Gasteiger partial charge is 0.284 e. The lowest BCUT2D eigenvalue weighted by Gasteiger charge is -2.19. The van der Waals surface area contributed by atoms with E-state index in [1.165, 1.54) is 10.9 Å². The van der Waals surface area contributed by atoms with Gasteiger partial charge in [-0.1, -0.05) is 18.2 Å². The Morgan fingerprint density at radius 2 is 1.74 bits per heavy atom. The number of thiocarbonyl (C=S) groups is 1. The number of anilines is 2. The Morgan fingerprint density at radius 1 is 0.974 bits per heavy atom. The van der Waals surface area contributed by atoms with Crippen molar-refractivity contribution in [2.24, 2.45) is 7.05 Å². The summed E-state index contributed by atoms with van der Waals surface area (Å²) in [6, 6.07) is 16.0. The van der Waals surface area contributed by atoms with Gasteiger partial charge in [0.05, 0.1) is 17.6 Å². The highest BCUT2D eigenvalue weighted by Gasteiger charge is 2.22. The molecule has 0 unspecified atom stereocenters. The number of amides is 1. The first kappa shape index (κ1) is 25.2. The van der Waals surface area contributed by atoms with Gasteiger partial charge in [0.1, 0.15) is 28.7 Å². The second-order valence-electron chi connectivity index (χ2n) is 8.87. The Kier molecular flexibility index (Phi) is 7.18. The highest BCUT2D eigenvalue weighted by atomic mass is 32.1. The number of nitrogens with one attached hydrogen (secondary N) is 2. The van der Waals surface area contributed by atoms with Crippen molar-refractivity contribution in [3.8, 4) is 17.2 Å². The lowest BCUT2D eigenvalue weighted by Crippen LogP contribution is -2.32. The number of benzene rings is 1. The first-order chi connectivity index (χ1) is 18.4. The number of likely N-dealkylation sites (tertiary alicyclic amines) is 1. The van der Waals surface area contributed by atoms with Gasteiger partial charge in [0, 0.05) is 32.4 Å². The molecule has 2 N–H and O–H groups in total. The highest BCUT2D eigenvalue weighted by Crippen LogP contribution is 2.24. The summed E-state index contributed by atoms with van der Waals surface area (Å²) in [4.78, 5) is 36.8. The number of ether oxygens (including phenoxy) is 1. The summed E-state index contributed by atoms with van der Waals surface area (Å²) < 4.78 is 9.03. The fourth-order valence-corrected chi connectivity index (χ4v) is 4.60. The standard InChI is InChI=1S/C27H27N7O3S/c1-18-24(26(36)34(32(18)2)19-8-4-3-5-9-19)25(35)30-22-11-10-21(17-29-22)37-20-12-13-28-23(16-20)31-27(38)33-14-6-7-15-33/h3-5,8-13,16-17H,6-7,14-15H2,1-2H3,(H,28,31,38)(H,29,30,35). The first-order valence-corrected chi connectivity index (χ1v) is 12.6. The van der Waals surface area contributed by atoms with E-state index in [4.69, 9.17) is 17.0 Å². The molecule has 4 heterocycles. The minimum Gasteiger partial charge on any atom is -0.456 e. The Labute approximate surface area is 224 Å². The predicted octanol–water partition coefficient (Wildman–Crippen LogP) is 4.11. The van der Waals surface area contributed by atoms with Crippen LogP contribution in [-0.2, 0) is 7.05 Å². The largest absolute Gasteiger partial charge is 0.456 e. The van der Waals surface area contributed by atoms with Crippen molar-refractivity contribution in [3.63, 3.8) is 0 Å². The number of nitrogens with zero attached hydrogens (tertiary/aromatic N) is 5. The number of hydrogen-bond acceptors (Lipinski definition) is 6. The molecule has 0 spiro atoms. The van der Waals surface area contributed by atoms with Crippen molar-refractivity contribution in [1.29, 1.82) is 0 Å². The maximum Gasteiger partial charge on any atom is 0.284 e. The van der Waals surface area contributed by atoms with Crippen LogP contribution in [0.3, 0.4) is 0 Å². The minimum absolute atomic E-state index is 0.0575. The third kappa shape index (κ3) is 5.28. The second-order valence-corrected chi connectivity index (χ2v) is 9.26. The fourth-order valence-electron chi connectivity index (χ4n) is 4.31. The summed E-state index contributed by atoms with van der Waals surface area (Å²) in [6.45, 7) is 3.63. The van der Waals surface area contributed by atoms with Crippen molar-refractivity contribution >= 4 is 34.9 Å². The van der Waals surface area contributed by atoms with Crippen LogP contribution in [0, 0.1) is 6.92 Å². The molecule has 1 aromatic carbocycles. The molecule has 10 nitrogen and oxygen atoms in total. The van der Waals surface area contributed by atoms with Gasteiger partial charge in [0.2, 0.25) is 0 Å². The van der Waals surface area contributed by atoms with Crippen LogP contribution in [0.1, 0.15) is 28.9 Å². The van der Waals surface area contributed by atoms with E-state index >= 15 is 0 Å². The normalized spacial score (nSPS) is 12.8. The number of rotatable bonds is 6. The van der Waals surface area contributed by atoms with E-state index in [9.17, 15) is 9.59 Å². The molecule has 1 aliphatic rings. The van der Waals surface area contributed by atoms with Crippen LogP contribution < -0.4 is 20.9 Å². The molecule has 1 aliphatic heterocycles. The van der Waals surface area contributed by atoms with Crippen LogP contribution in [-0.4, -0.2) is 48.3 Å². The summed E-state index contributed by atoms with van der Waals surface area (Å²) in [7, 11) is 1.74. The molecular formula is C27H27N7O3S. The van der Waals surface area contributed by atoms with E-state index in [1.54, 1.807) is 49.1 Å². The Morgan fingerprint density at radius 3 is 2.45 bits per heavy atom. The molecule has 194 valence electrons. The summed E-state index contributed by atoms with van der Waals surface area (Å²) in [5, 5.41) is 6.52.